The van der Waals surface area contributed by atoms with Gasteiger partial charge in [0.25, 0.3) is 5.91 Å². The van der Waals surface area contributed by atoms with Gasteiger partial charge in [-0.25, -0.2) is 4.39 Å². The second kappa shape index (κ2) is 6.00. The molecule has 1 atom stereocenters. The van der Waals surface area contributed by atoms with Crippen LogP contribution in [0.5, 0.6) is 0 Å². The van der Waals surface area contributed by atoms with E-state index < -0.39 is 6.04 Å². The normalized spacial score (nSPS) is 18.8. The minimum Gasteiger partial charge on any atom is -0.377 e. The zero-order valence-corrected chi connectivity index (χ0v) is 11.5. The Morgan fingerprint density at radius 3 is 2.85 bits per heavy atom. The van der Waals surface area contributed by atoms with Crippen LogP contribution < -0.4 is 5.32 Å². The summed E-state index contributed by atoms with van der Waals surface area (Å²) in [5.41, 5.74) is 0.958. The Hall–Kier alpha value is -1.95. The number of morpholine rings is 1. The number of likely N-dealkylation sites (N-methyl/N-ethyl adjacent to an activating group) is 1. The van der Waals surface area contributed by atoms with E-state index in [0.717, 1.165) is 0 Å². The molecule has 1 aromatic rings. The Labute approximate surface area is 116 Å². The van der Waals surface area contributed by atoms with Gasteiger partial charge in [0.1, 0.15) is 11.9 Å². The first-order valence-corrected chi connectivity index (χ1v) is 6.41. The van der Waals surface area contributed by atoms with Crippen molar-refractivity contribution in [2.45, 2.75) is 13.0 Å². The Kier molecular flexibility index (Phi) is 4.34. The van der Waals surface area contributed by atoms with Crippen LogP contribution >= 0.6 is 0 Å². The van der Waals surface area contributed by atoms with Gasteiger partial charge in [-0.1, -0.05) is 0 Å². The molecule has 0 radical (unpaired) electrons. The van der Waals surface area contributed by atoms with Gasteiger partial charge in [-0.05, 0) is 30.7 Å². The number of carbonyl (C=O) groups excluding carboxylic acids is 2. The number of hydrogen-bond donors (Lipinski definition) is 1. The number of amides is 2. The molecule has 1 unspecified atom stereocenters. The Bertz CT molecular complexity index is 533. The number of halogens is 1. The zero-order chi connectivity index (χ0) is 14.7. The van der Waals surface area contributed by atoms with Crippen LogP contribution in [-0.4, -0.2) is 49.6 Å². The van der Waals surface area contributed by atoms with Crippen molar-refractivity contribution in [1.82, 2.24) is 10.2 Å². The molecule has 1 N–H and O–H groups in total. The van der Waals surface area contributed by atoms with Crippen molar-refractivity contribution in [3.05, 3.63) is 35.1 Å². The molecule has 0 bridgehead atoms. The highest BCUT2D eigenvalue weighted by molar-refractivity contribution is 5.98. The van der Waals surface area contributed by atoms with Gasteiger partial charge in [0.2, 0.25) is 5.91 Å². The molecule has 0 aliphatic carbocycles. The summed E-state index contributed by atoms with van der Waals surface area (Å²) in [5, 5.41) is 2.52. The van der Waals surface area contributed by atoms with Crippen molar-refractivity contribution in [1.29, 1.82) is 0 Å². The minimum atomic E-state index is -0.647. The SMILES string of the molecule is CNC(=O)C1COCCN1C(=O)c1ccc(F)cc1C. The fourth-order valence-electron chi connectivity index (χ4n) is 2.25. The fourth-order valence-corrected chi connectivity index (χ4v) is 2.25. The molecule has 1 aliphatic heterocycles. The molecule has 1 aliphatic rings. The third kappa shape index (κ3) is 2.80. The second-order valence-electron chi connectivity index (χ2n) is 4.66. The standard InChI is InChI=1S/C14H17FN2O3/c1-9-7-10(15)3-4-11(9)14(19)17-5-6-20-8-12(17)13(18)16-2/h3-4,7,12H,5-6,8H2,1-2H3,(H,16,18). The first kappa shape index (κ1) is 14.5. The monoisotopic (exact) mass is 280 g/mol. The Morgan fingerprint density at radius 2 is 2.20 bits per heavy atom. The van der Waals surface area contributed by atoms with E-state index in [4.69, 9.17) is 4.74 Å². The van der Waals surface area contributed by atoms with E-state index in [2.05, 4.69) is 5.32 Å². The summed E-state index contributed by atoms with van der Waals surface area (Å²) in [4.78, 5) is 25.8. The molecule has 2 rings (SSSR count). The van der Waals surface area contributed by atoms with Crippen LogP contribution in [-0.2, 0) is 9.53 Å². The van der Waals surface area contributed by atoms with Crippen LogP contribution in [0.3, 0.4) is 0 Å². The van der Waals surface area contributed by atoms with E-state index in [0.29, 0.717) is 24.3 Å². The van der Waals surface area contributed by atoms with Crippen molar-refractivity contribution in [2.75, 3.05) is 26.8 Å². The van der Waals surface area contributed by atoms with Gasteiger partial charge in [0, 0.05) is 19.2 Å². The number of carbonyl (C=O) groups is 2. The number of hydrogen-bond acceptors (Lipinski definition) is 3. The molecular weight excluding hydrogens is 263 g/mol. The molecule has 2 amide bonds. The number of nitrogens with one attached hydrogen (secondary N) is 1. The van der Waals surface area contributed by atoms with E-state index >= 15 is 0 Å². The first-order chi connectivity index (χ1) is 9.54. The molecule has 1 fully saturated rings. The predicted octanol–water partition coefficient (Wildman–Crippen LogP) is 0.721. The number of aryl methyl sites for hydroxylation is 1. The average molecular weight is 280 g/mol. The highest BCUT2D eigenvalue weighted by Crippen LogP contribution is 2.17. The van der Waals surface area contributed by atoms with E-state index in [-0.39, 0.29) is 24.2 Å². The zero-order valence-electron chi connectivity index (χ0n) is 11.5. The predicted molar refractivity (Wildman–Crippen MR) is 70.8 cm³/mol. The molecule has 108 valence electrons. The van der Waals surface area contributed by atoms with Crippen LogP contribution in [0.1, 0.15) is 15.9 Å². The summed E-state index contributed by atoms with van der Waals surface area (Å²) in [7, 11) is 1.52. The lowest BCUT2D eigenvalue weighted by atomic mass is 10.1. The van der Waals surface area contributed by atoms with Crippen LogP contribution in [0.25, 0.3) is 0 Å². The molecule has 5 nitrogen and oxygen atoms in total. The van der Waals surface area contributed by atoms with Crippen LogP contribution in [0, 0.1) is 12.7 Å². The van der Waals surface area contributed by atoms with Crippen LogP contribution in [0.2, 0.25) is 0 Å². The summed E-state index contributed by atoms with van der Waals surface area (Å²) in [6.07, 6.45) is 0. The van der Waals surface area contributed by atoms with Crippen molar-refractivity contribution in [3.63, 3.8) is 0 Å². The summed E-state index contributed by atoms with van der Waals surface area (Å²) in [6, 6.07) is 3.35. The van der Waals surface area contributed by atoms with Crippen LogP contribution in [0.4, 0.5) is 4.39 Å². The summed E-state index contributed by atoms with van der Waals surface area (Å²) in [5.74, 6) is -0.930. The first-order valence-electron chi connectivity index (χ1n) is 6.41. The summed E-state index contributed by atoms with van der Waals surface area (Å²) >= 11 is 0. The third-order valence-electron chi connectivity index (χ3n) is 3.36. The number of ether oxygens (including phenoxy) is 1. The molecule has 6 heteroatoms. The quantitative estimate of drug-likeness (QED) is 0.868. The van der Waals surface area contributed by atoms with E-state index in [1.54, 1.807) is 6.92 Å². The number of rotatable bonds is 2. The molecule has 0 spiro atoms. The second-order valence-corrected chi connectivity index (χ2v) is 4.66. The molecule has 0 saturated carbocycles. The highest BCUT2D eigenvalue weighted by Gasteiger charge is 2.33. The molecule has 0 aromatic heterocycles. The Morgan fingerprint density at radius 1 is 1.45 bits per heavy atom. The smallest absolute Gasteiger partial charge is 0.254 e. The van der Waals surface area contributed by atoms with Crippen LogP contribution in [0.15, 0.2) is 18.2 Å². The molecule has 1 aromatic carbocycles. The van der Waals surface area contributed by atoms with Crippen molar-refractivity contribution < 1.29 is 18.7 Å². The maximum Gasteiger partial charge on any atom is 0.254 e. The molecule has 20 heavy (non-hydrogen) atoms. The van der Waals surface area contributed by atoms with Gasteiger partial charge < -0.3 is 15.0 Å². The fraction of sp³-hybridized carbons (Fsp3) is 0.429. The number of benzene rings is 1. The largest absolute Gasteiger partial charge is 0.377 e. The lowest BCUT2D eigenvalue weighted by molar-refractivity contribution is -0.130. The van der Waals surface area contributed by atoms with E-state index in [1.807, 2.05) is 0 Å². The van der Waals surface area contributed by atoms with Gasteiger partial charge in [-0.3, -0.25) is 9.59 Å². The van der Waals surface area contributed by atoms with Gasteiger partial charge in [0.05, 0.1) is 13.2 Å². The van der Waals surface area contributed by atoms with Gasteiger partial charge >= 0.3 is 0 Å². The van der Waals surface area contributed by atoms with Crippen molar-refractivity contribution in [2.24, 2.45) is 0 Å². The highest BCUT2D eigenvalue weighted by atomic mass is 19.1. The van der Waals surface area contributed by atoms with Crippen molar-refractivity contribution >= 4 is 11.8 Å². The summed E-state index contributed by atoms with van der Waals surface area (Å²) in [6.45, 7) is 2.57. The average Bonchev–Trinajstić information content (AvgIpc) is 2.46. The topological polar surface area (TPSA) is 58.6 Å². The maximum atomic E-state index is 13.1. The van der Waals surface area contributed by atoms with Gasteiger partial charge in [-0.2, -0.15) is 0 Å². The van der Waals surface area contributed by atoms with E-state index in [1.165, 1.54) is 30.1 Å². The molecule has 1 saturated heterocycles. The Balaban J connectivity index is 2.27. The van der Waals surface area contributed by atoms with E-state index in [9.17, 15) is 14.0 Å². The lowest BCUT2D eigenvalue weighted by Gasteiger charge is -2.34. The van der Waals surface area contributed by atoms with Gasteiger partial charge in [-0.15, -0.1) is 0 Å². The lowest BCUT2D eigenvalue weighted by Crippen LogP contribution is -2.55. The molecule has 1 heterocycles. The van der Waals surface area contributed by atoms with Gasteiger partial charge in [0.15, 0.2) is 0 Å². The summed E-state index contributed by atoms with van der Waals surface area (Å²) < 4.78 is 18.4. The molecular formula is C14H17FN2O3. The third-order valence-corrected chi connectivity index (χ3v) is 3.36. The number of nitrogens with zero attached hydrogens (tertiary/aromatic N) is 1. The minimum absolute atomic E-state index is 0.172. The van der Waals surface area contributed by atoms with Crippen molar-refractivity contribution in [3.8, 4) is 0 Å². The maximum absolute atomic E-state index is 13.1.